The Labute approximate surface area is 202 Å². The zero-order chi connectivity index (χ0) is 22.9. The lowest BCUT2D eigenvalue weighted by molar-refractivity contribution is -0.124. The van der Waals surface area contributed by atoms with Gasteiger partial charge in [0.25, 0.3) is 0 Å². The van der Waals surface area contributed by atoms with Gasteiger partial charge in [0.15, 0.2) is 0 Å². The molecule has 34 heavy (non-hydrogen) atoms. The third-order valence-electron chi connectivity index (χ3n) is 8.46. The number of para-hydroxylation sites is 3. The van der Waals surface area contributed by atoms with Crippen LogP contribution in [0.3, 0.4) is 0 Å². The lowest BCUT2D eigenvalue weighted by Gasteiger charge is -2.43. The maximum atomic E-state index is 13.8. The molecule has 1 saturated heterocycles. The summed E-state index contributed by atoms with van der Waals surface area (Å²) in [5.74, 6) is 0.597. The monoisotopic (exact) mass is 456 g/mol. The molecule has 1 aliphatic carbocycles. The first-order valence-electron chi connectivity index (χ1n) is 13.3. The molecule has 6 rings (SSSR count). The van der Waals surface area contributed by atoms with Crippen molar-refractivity contribution in [1.29, 1.82) is 0 Å². The minimum Gasteiger partial charge on any atom is -0.327 e. The van der Waals surface area contributed by atoms with Crippen molar-refractivity contribution in [2.24, 2.45) is 5.92 Å². The molecule has 1 amide bonds. The number of hydrogen-bond donors (Lipinski definition) is 0. The number of carbonyl (C=O) groups excluding carboxylic acids is 1. The molecule has 1 aromatic heterocycles. The number of carbonyl (C=O) groups is 1. The summed E-state index contributed by atoms with van der Waals surface area (Å²) < 4.78 is 2.38. The summed E-state index contributed by atoms with van der Waals surface area (Å²) in [4.78, 5) is 23.2. The Morgan fingerprint density at radius 2 is 1.65 bits per heavy atom. The lowest BCUT2D eigenvalue weighted by Crippen LogP contribution is -2.52. The molecule has 5 heteroatoms. The van der Waals surface area contributed by atoms with E-state index in [2.05, 4.69) is 67.9 Å². The van der Waals surface area contributed by atoms with E-state index < -0.39 is 0 Å². The van der Waals surface area contributed by atoms with Crippen molar-refractivity contribution in [2.75, 3.05) is 24.5 Å². The minimum absolute atomic E-state index is 0.211. The third-order valence-corrected chi connectivity index (χ3v) is 8.46. The molecule has 2 aliphatic heterocycles. The molecule has 2 fully saturated rings. The van der Waals surface area contributed by atoms with Crippen LogP contribution in [0.2, 0.25) is 0 Å². The van der Waals surface area contributed by atoms with E-state index >= 15 is 0 Å². The van der Waals surface area contributed by atoms with Gasteiger partial charge in [0.2, 0.25) is 5.91 Å². The number of hydrogen-bond acceptors (Lipinski definition) is 3. The number of aromatic nitrogens is 2. The summed E-state index contributed by atoms with van der Waals surface area (Å²) in [5.41, 5.74) is 4.85. The van der Waals surface area contributed by atoms with E-state index in [4.69, 9.17) is 0 Å². The van der Waals surface area contributed by atoms with Crippen LogP contribution in [0.5, 0.6) is 0 Å². The Kier molecular flexibility index (Phi) is 6.13. The fourth-order valence-electron chi connectivity index (χ4n) is 6.57. The smallest absolute Gasteiger partial charge is 0.230 e. The SMILES string of the molecule is O=C(C1CCCCC1)N1c2ccccc2CCC1CN1CCC(n2cnc3ccccc32)CC1. The van der Waals surface area contributed by atoms with Gasteiger partial charge in [-0.05, 0) is 62.3 Å². The fourth-order valence-corrected chi connectivity index (χ4v) is 6.57. The number of nitrogens with zero attached hydrogens (tertiary/aromatic N) is 4. The van der Waals surface area contributed by atoms with E-state index in [1.165, 1.54) is 36.0 Å². The molecule has 2 aromatic carbocycles. The van der Waals surface area contributed by atoms with Gasteiger partial charge in [-0.15, -0.1) is 0 Å². The van der Waals surface area contributed by atoms with Crippen LogP contribution in [0.25, 0.3) is 11.0 Å². The summed E-state index contributed by atoms with van der Waals surface area (Å²) in [6, 6.07) is 17.9. The molecule has 3 aromatic rings. The summed E-state index contributed by atoms with van der Waals surface area (Å²) in [6.45, 7) is 3.16. The van der Waals surface area contributed by atoms with Crippen LogP contribution in [-0.2, 0) is 11.2 Å². The van der Waals surface area contributed by atoms with Crippen molar-refractivity contribution < 1.29 is 4.79 Å². The van der Waals surface area contributed by atoms with Crippen LogP contribution >= 0.6 is 0 Å². The molecule has 1 saturated carbocycles. The van der Waals surface area contributed by atoms with Gasteiger partial charge in [-0.1, -0.05) is 49.6 Å². The van der Waals surface area contributed by atoms with Crippen molar-refractivity contribution >= 4 is 22.6 Å². The molecule has 3 heterocycles. The topological polar surface area (TPSA) is 41.4 Å². The number of benzene rings is 2. The van der Waals surface area contributed by atoms with E-state index in [1.807, 2.05) is 6.33 Å². The summed E-state index contributed by atoms with van der Waals surface area (Å²) >= 11 is 0. The van der Waals surface area contributed by atoms with Crippen LogP contribution in [0.15, 0.2) is 54.9 Å². The van der Waals surface area contributed by atoms with E-state index in [0.717, 1.165) is 63.7 Å². The van der Waals surface area contributed by atoms with Crippen LogP contribution < -0.4 is 4.90 Å². The van der Waals surface area contributed by atoms with Gasteiger partial charge in [0.1, 0.15) is 0 Å². The van der Waals surface area contributed by atoms with Crippen molar-refractivity contribution in [2.45, 2.75) is 69.9 Å². The number of piperidine rings is 1. The van der Waals surface area contributed by atoms with E-state index in [-0.39, 0.29) is 12.0 Å². The number of amides is 1. The molecular weight excluding hydrogens is 420 g/mol. The van der Waals surface area contributed by atoms with Crippen molar-refractivity contribution in [3.05, 3.63) is 60.4 Å². The lowest BCUT2D eigenvalue weighted by atomic mass is 9.86. The number of rotatable bonds is 4. The first kappa shape index (κ1) is 21.8. The molecule has 0 spiro atoms. The molecule has 1 unspecified atom stereocenters. The van der Waals surface area contributed by atoms with Gasteiger partial charge >= 0.3 is 0 Å². The quantitative estimate of drug-likeness (QED) is 0.513. The van der Waals surface area contributed by atoms with Crippen LogP contribution in [0, 0.1) is 5.92 Å². The molecule has 5 nitrogen and oxygen atoms in total. The molecule has 3 aliphatic rings. The molecule has 0 radical (unpaired) electrons. The highest BCUT2D eigenvalue weighted by Crippen LogP contribution is 2.36. The van der Waals surface area contributed by atoms with Crippen molar-refractivity contribution in [3.63, 3.8) is 0 Å². The summed E-state index contributed by atoms with van der Waals surface area (Å²) in [6.07, 6.45) is 12.3. The summed E-state index contributed by atoms with van der Waals surface area (Å²) in [7, 11) is 0. The number of aryl methyl sites for hydroxylation is 1. The van der Waals surface area contributed by atoms with Gasteiger partial charge in [-0.25, -0.2) is 4.98 Å². The van der Waals surface area contributed by atoms with Crippen LogP contribution in [0.4, 0.5) is 5.69 Å². The second-order valence-electron chi connectivity index (χ2n) is 10.5. The van der Waals surface area contributed by atoms with E-state index in [0.29, 0.717) is 11.9 Å². The average molecular weight is 457 g/mol. The second-order valence-corrected chi connectivity index (χ2v) is 10.5. The Hall–Kier alpha value is -2.66. The van der Waals surface area contributed by atoms with Crippen molar-refractivity contribution in [3.8, 4) is 0 Å². The van der Waals surface area contributed by atoms with Gasteiger partial charge in [0.05, 0.1) is 17.4 Å². The third kappa shape index (κ3) is 4.15. The largest absolute Gasteiger partial charge is 0.327 e. The van der Waals surface area contributed by atoms with Gasteiger partial charge in [-0.3, -0.25) is 4.79 Å². The zero-order valence-electron chi connectivity index (χ0n) is 20.1. The number of anilines is 1. The molecule has 1 atom stereocenters. The molecule has 0 bridgehead atoms. The van der Waals surface area contributed by atoms with Crippen molar-refractivity contribution in [1.82, 2.24) is 14.5 Å². The number of likely N-dealkylation sites (tertiary alicyclic amines) is 1. The average Bonchev–Trinajstić information content (AvgIpc) is 3.33. The maximum absolute atomic E-state index is 13.8. The van der Waals surface area contributed by atoms with E-state index in [9.17, 15) is 4.79 Å². The highest BCUT2D eigenvalue weighted by atomic mass is 16.2. The molecule has 0 N–H and O–H groups in total. The summed E-state index contributed by atoms with van der Waals surface area (Å²) in [5, 5.41) is 0. The normalized spacial score (nSPS) is 22.7. The van der Waals surface area contributed by atoms with Crippen LogP contribution in [0.1, 0.15) is 63.0 Å². The first-order chi connectivity index (χ1) is 16.8. The Morgan fingerprint density at radius 3 is 2.50 bits per heavy atom. The number of fused-ring (bicyclic) bond motifs is 2. The standard InChI is InChI=1S/C29H36N4O/c34-29(23-9-2-1-3-10-23)33-25(15-14-22-8-4-6-12-27(22)33)20-31-18-16-24(17-19-31)32-21-30-26-11-5-7-13-28(26)32/h4-8,11-13,21,23-25H,1-3,9-10,14-20H2. The molecule has 178 valence electrons. The minimum atomic E-state index is 0.211. The second kappa shape index (κ2) is 9.53. The Bertz CT molecular complexity index is 1140. The van der Waals surface area contributed by atoms with Gasteiger partial charge in [-0.2, -0.15) is 0 Å². The van der Waals surface area contributed by atoms with Gasteiger partial charge in [0, 0.05) is 43.3 Å². The fraction of sp³-hybridized carbons (Fsp3) is 0.517. The maximum Gasteiger partial charge on any atom is 0.230 e. The Balaban J connectivity index is 1.16. The number of imidazole rings is 1. The van der Waals surface area contributed by atoms with E-state index in [1.54, 1.807) is 0 Å². The highest BCUT2D eigenvalue weighted by Gasteiger charge is 2.36. The first-order valence-corrected chi connectivity index (χ1v) is 13.3. The van der Waals surface area contributed by atoms with Gasteiger partial charge < -0.3 is 14.4 Å². The molecular formula is C29H36N4O. The zero-order valence-corrected chi connectivity index (χ0v) is 20.1. The predicted octanol–water partition coefficient (Wildman–Crippen LogP) is 5.60. The Morgan fingerprint density at radius 1 is 0.882 bits per heavy atom. The highest BCUT2D eigenvalue weighted by molar-refractivity contribution is 5.97. The predicted molar refractivity (Wildman–Crippen MR) is 137 cm³/mol. The van der Waals surface area contributed by atoms with Crippen LogP contribution in [-0.4, -0.2) is 46.0 Å².